The maximum Gasteiger partial charge on any atom is 0.475 e. The number of carbonyl (C=O) groups excluding carboxylic acids is 1. The molecule has 3 N–H and O–H groups in total. The van der Waals surface area contributed by atoms with E-state index in [1.807, 2.05) is 18.2 Å². The van der Waals surface area contributed by atoms with Crippen LogP contribution in [0.3, 0.4) is 0 Å². The highest BCUT2D eigenvalue weighted by molar-refractivity contribution is 7.90. The van der Waals surface area contributed by atoms with E-state index in [2.05, 4.69) is 5.32 Å². The van der Waals surface area contributed by atoms with Crippen LogP contribution in [0, 0.1) is 0 Å². The molecule has 1 atom stereocenters. The summed E-state index contributed by atoms with van der Waals surface area (Å²) in [7, 11) is -5.03. The third-order valence-electron chi connectivity index (χ3n) is 3.41. The van der Waals surface area contributed by atoms with Gasteiger partial charge in [-0.3, -0.25) is 4.79 Å². The van der Waals surface area contributed by atoms with Gasteiger partial charge >= 0.3 is 7.12 Å². The lowest BCUT2D eigenvalue weighted by Gasteiger charge is -2.17. The summed E-state index contributed by atoms with van der Waals surface area (Å²) in [5, 5.41) is 22.2. The largest absolute Gasteiger partial charge is 0.475 e. The Balaban J connectivity index is 2.06. The van der Waals surface area contributed by atoms with Gasteiger partial charge in [-0.05, 0) is 18.1 Å². The van der Waals surface area contributed by atoms with Crippen LogP contribution in [0.2, 0.25) is 0 Å². The van der Waals surface area contributed by atoms with E-state index in [1.165, 1.54) is 6.26 Å². The molecule has 0 aliphatic rings. The van der Waals surface area contributed by atoms with Crippen LogP contribution in [-0.2, 0) is 21.1 Å². The smallest absolute Gasteiger partial charge is 0.464 e. The van der Waals surface area contributed by atoms with Crippen LogP contribution in [0.4, 0.5) is 0 Å². The fourth-order valence-corrected chi connectivity index (χ4v) is 2.77. The van der Waals surface area contributed by atoms with Crippen LogP contribution in [0.5, 0.6) is 0 Å². The zero-order valence-electron chi connectivity index (χ0n) is 12.6. The number of rotatable bonds is 7. The van der Waals surface area contributed by atoms with Crippen molar-refractivity contribution in [3.05, 3.63) is 36.1 Å². The Labute approximate surface area is 134 Å². The minimum Gasteiger partial charge on any atom is -0.464 e. The van der Waals surface area contributed by atoms with E-state index in [0.29, 0.717) is 5.58 Å². The lowest BCUT2D eigenvalue weighted by Crippen LogP contribution is -2.48. The van der Waals surface area contributed by atoms with E-state index < -0.39 is 28.8 Å². The molecule has 0 spiro atoms. The van der Waals surface area contributed by atoms with Crippen LogP contribution in [0.15, 0.2) is 34.9 Å². The molecule has 0 saturated carbocycles. The predicted octanol–water partition coefficient (Wildman–Crippen LogP) is -0.0932. The fourth-order valence-electron chi connectivity index (χ4n) is 2.22. The van der Waals surface area contributed by atoms with E-state index >= 15 is 0 Å². The molecule has 23 heavy (non-hydrogen) atoms. The highest BCUT2D eigenvalue weighted by Gasteiger charge is 2.27. The monoisotopic (exact) mass is 339 g/mol. The van der Waals surface area contributed by atoms with Gasteiger partial charge in [-0.1, -0.05) is 18.2 Å². The van der Waals surface area contributed by atoms with Gasteiger partial charge in [-0.15, -0.1) is 0 Å². The molecule has 124 valence electrons. The maximum atomic E-state index is 11.8. The highest BCUT2D eigenvalue weighted by Crippen LogP contribution is 2.22. The summed E-state index contributed by atoms with van der Waals surface area (Å²) >= 11 is 0. The molecular formula is C14H18BNO6S. The van der Waals surface area contributed by atoms with Gasteiger partial charge in [0.2, 0.25) is 5.91 Å². The number of hydrogen-bond acceptors (Lipinski definition) is 6. The Bertz CT molecular complexity index is 785. The van der Waals surface area contributed by atoms with E-state index in [1.54, 1.807) is 6.07 Å². The van der Waals surface area contributed by atoms with E-state index in [9.17, 15) is 23.3 Å². The van der Waals surface area contributed by atoms with Crippen molar-refractivity contribution in [1.82, 2.24) is 5.32 Å². The third-order valence-corrected chi connectivity index (χ3v) is 4.35. The van der Waals surface area contributed by atoms with Gasteiger partial charge in [0.1, 0.15) is 15.4 Å². The molecule has 0 saturated heterocycles. The second-order valence-electron chi connectivity index (χ2n) is 5.43. The maximum absolute atomic E-state index is 11.8. The molecule has 1 unspecified atom stereocenters. The predicted molar refractivity (Wildman–Crippen MR) is 86.4 cm³/mol. The van der Waals surface area contributed by atoms with Crippen molar-refractivity contribution in [2.75, 3.05) is 12.0 Å². The van der Waals surface area contributed by atoms with E-state index in [4.69, 9.17) is 4.42 Å². The summed E-state index contributed by atoms with van der Waals surface area (Å²) in [6, 6.07) is 7.27. The Kier molecular flexibility index (Phi) is 5.45. The SMILES string of the molecule is CS(=O)(=O)CCC(=O)NC(Cc1coc2ccccc12)B(O)O. The molecule has 0 radical (unpaired) electrons. The summed E-state index contributed by atoms with van der Waals surface area (Å²) in [5.41, 5.74) is 1.39. The summed E-state index contributed by atoms with van der Waals surface area (Å²) in [6.07, 6.45) is 2.46. The molecule has 9 heteroatoms. The number of nitrogens with one attached hydrogen (secondary N) is 1. The Morgan fingerprint density at radius 3 is 2.70 bits per heavy atom. The van der Waals surface area contributed by atoms with Crippen molar-refractivity contribution in [2.45, 2.75) is 18.8 Å². The first-order valence-electron chi connectivity index (χ1n) is 7.04. The minimum atomic E-state index is -3.25. The first-order chi connectivity index (χ1) is 10.8. The van der Waals surface area contributed by atoms with Gasteiger partial charge in [-0.2, -0.15) is 0 Å². The lowest BCUT2D eigenvalue weighted by atomic mass is 9.76. The van der Waals surface area contributed by atoms with Gasteiger partial charge in [0, 0.05) is 18.1 Å². The van der Waals surface area contributed by atoms with Crippen LogP contribution in [-0.4, -0.2) is 49.4 Å². The molecular weight excluding hydrogens is 321 g/mol. The fraction of sp³-hybridized carbons (Fsp3) is 0.357. The average molecular weight is 339 g/mol. The molecule has 1 heterocycles. The molecule has 2 rings (SSSR count). The standard InChI is InChI=1S/C14H18BNO6S/c1-23(20,21)7-6-14(17)16-13(15(18)19)8-10-9-22-12-5-3-2-4-11(10)12/h2-5,9,13,18-19H,6-8H2,1H3,(H,16,17). The number of amides is 1. The molecule has 0 bridgehead atoms. The summed E-state index contributed by atoms with van der Waals surface area (Å²) in [5.74, 6) is -1.80. The van der Waals surface area contributed by atoms with E-state index in [-0.39, 0.29) is 18.6 Å². The van der Waals surface area contributed by atoms with Crippen LogP contribution >= 0.6 is 0 Å². The quantitative estimate of drug-likeness (QED) is 0.607. The molecule has 0 aliphatic heterocycles. The van der Waals surface area contributed by atoms with Crippen LogP contribution in [0.25, 0.3) is 11.0 Å². The molecule has 1 aromatic carbocycles. The number of hydrogen-bond donors (Lipinski definition) is 3. The molecule has 2 aromatic rings. The highest BCUT2D eigenvalue weighted by atomic mass is 32.2. The van der Waals surface area contributed by atoms with Gasteiger partial charge < -0.3 is 19.8 Å². The summed E-state index contributed by atoms with van der Waals surface area (Å²) < 4.78 is 27.5. The third kappa shape index (κ3) is 5.09. The van der Waals surface area contributed by atoms with Crippen LogP contribution < -0.4 is 5.32 Å². The molecule has 0 fully saturated rings. The second-order valence-corrected chi connectivity index (χ2v) is 7.69. The van der Waals surface area contributed by atoms with Crippen molar-refractivity contribution in [2.24, 2.45) is 0 Å². The van der Waals surface area contributed by atoms with Crippen molar-refractivity contribution in [3.63, 3.8) is 0 Å². The number of para-hydroxylation sites is 1. The minimum absolute atomic E-state index is 0.152. The van der Waals surface area contributed by atoms with Gasteiger partial charge in [0.15, 0.2) is 0 Å². The summed E-state index contributed by atoms with van der Waals surface area (Å²) in [6.45, 7) is 0. The van der Waals surface area contributed by atoms with Gasteiger partial charge in [-0.25, -0.2) is 8.42 Å². The number of benzene rings is 1. The second kappa shape index (κ2) is 7.16. The first kappa shape index (κ1) is 17.5. The van der Waals surface area contributed by atoms with Gasteiger partial charge in [0.05, 0.1) is 18.0 Å². The Morgan fingerprint density at radius 2 is 2.04 bits per heavy atom. The van der Waals surface area contributed by atoms with Crippen molar-refractivity contribution in [3.8, 4) is 0 Å². The zero-order chi connectivity index (χ0) is 17.0. The van der Waals surface area contributed by atoms with Gasteiger partial charge in [0.25, 0.3) is 0 Å². The summed E-state index contributed by atoms with van der Waals surface area (Å²) in [4.78, 5) is 11.8. The Morgan fingerprint density at radius 1 is 1.35 bits per heavy atom. The van der Waals surface area contributed by atoms with E-state index in [0.717, 1.165) is 17.2 Å². The number of furan rings is 1. The molecule has 7 nitrogen and oxygen atoms in total. The molecule has 0 aliphatic carbocycles. The van der Waals surface area contributed by atoms with Crippen LogP contribution in [0.1, 0.15) is 12.0 Å². The van der Waals surface area contributed by atoms with Crippen molar-refractivity contribution in [1.29, 1.82) is 0 Å². The normalized spacial score (nSPS) is 13.0. The average Bonchev–Trinajstić information content (AvgIpc) is 2.87. The van der Waals surface area contributed by atoms with Crippen molar-refractivity contribution < 1.29 is 27.7 Å². The molecule has 1 amide bonds. The lowest BCUT2D eigenvalue weighted by molar-refractivity contribution is -0.121. The Hall–Kier alpha value is -1.84. The number of sulfone groups is 1. The topological polar surface area (TPSA) is 117 Å². The number of fused-ring (bicyclic) bond motifs is 1. The first-order valence-corrected chi connectivity index (χ1v) is 9.10. The molecule has 1 aromatic heterocycles. The van der Waals surface area contributed by atoms with Crippen molar-refractivity contribution >= 4 is 33.8 Å². The number of carbonyl (C=O) groups is 1. The zero-order valence-corrected chi connectivity index (χ0v) is 13.4.